The van der Waals surface area contributed by atoms with Crippen LogP contribution in [0.2, 0.25) is 0 Å². The third-order valence-electron chi connectivity index (χ3n) is 2.65. The maximum Gasteiger partial charge on any atom is 0.227 e. The summed E-state index contributed by atoms with van der Waals surface area (Å²) >= 11 is 0. The lowest BCUT2D eigenvalue weighted by Gasteiger charge is -2.30. The predicted octanol–water partition coefficient (Wildman–Crippen LogP) is 0.540. The van der Waals surface area contributed by atoms with Crippen LogP contribution in [0.3, 0.4) is 0 Å². The van der Waals surface area contributed by atoms with Crippen LogP contribution >= 0.6 is 0 Å². The van der Waals surface area contributed by atoms with E-state index in [1.165, 1.54) is 0 Å². The average molecular weight is 206 g/mol. The number of aryl methyl sites for hydroxylation is 1. The fraction of sp³-hybridized carbons (Fsp3) is 0.364. The molecule has 0 aromatic heterocycles. The van der Waals surface area contributed by atoms with Crippen LogP contribution in [0.15, 0.2) is 18.2 Å². The number of rotatable bonds is 2. The van der Waals surface area contributed by atoms with Gasteiger partial charge in [-0.15, -0.1) is 0 Å². The summed E-state index contributed by atoms with van der Waals surface area (Å²) in [5.74, 6) is 0.0365. The summed E-state index contributed by atoms with van der Waals surface area (Å²) in [6.07, 6.45) is 1.23. The van der Waals surface area contributed by atoms with E-state index in [-0.39, 0.29) is 12.5 Å². The number of carbonyl (C=O) groups is 1. The van der Waals surface area contributed by atoms with Gasteiger partial charge in [0.25, 0.3) is 0 Å². The van der Waals surface area contributed by atoms with E-state index in [2.05, 4.69) is 0 Å². The molecule has 15 heavy (non-hydrogen) atoms. The van der Waals surface area contributed by atoms with Crippen molar-refractivity contribution in [2.24, 2.45) is 0 Å². The summed E-state index contributed by atoms with van der Waals surface area (Å²) < 4.78 is 0. The molecule has 1 aromatic rings. The predicted molar refractivity (Wildman–Crippen MR) is 58.6 cm³/mol. The third kappa shape index (κ3) is 1.68. The van der Waals surface area contributed by atoms with Gasteiger partial charge in [-0.05, 0) is 18.1 Å². The molecular weight excluding hydrogens is 192 g/mol. The summed E-state index contributed by atoms with van der Waals surface area (Å²) in [4.78, 5) is 13.2. The fourth-order valence-corrected chi connectivity index (χ4v) is 1.98. The van der Waals surface area contributed by atoms with Gasteiger partial charge in [0.15, 0.2) is 0 Å². The largest absolute Gasteiger partial charge is 0.397 e. The molecule has 0 saturated carbocycles. The summed E-state index contributed by atoms with van der Waals surface area (Å²) in [5, 5.41) is 8.92. The Balaban J connectivity index is 2.45. The lowest BCUT2D eigenvalue weighted by atomic mass is 10.00. The van der Waals surface area contributed by atoms with Gasteiger partial charge in [-0.2, -0.15) is 0 Å². The molecule has 0 aliphatic carbocycles. The highest BCUT2D eigenvalue weighted by Gasteiger charge is 2.25. The van der Waals surface area contributed by atoms with Crippen molar-refractivity contribution in [3.8, 4) is 0 Å². The average Bonchev–Trinajstić information content (AvgIpc) is 2.23. The maximum absolute atomic E-state index is 11.7. The van der Waals surface area contributed by atoms with Crippen LogP contribution in [0.5, 0.6) is 0 Å². The first-order valence-corrected chi connectivity index (χ1v) is 5.02. The SMILES string of the molecule is Nc1cccc2c1N(CCO)C(=O)CC2. The zero-order valence-electron chi connectivity index (χ0n) is 8.44. The number of benzene rings is 1. The van der Waals surface area contributed by atoms with Gasteiger partial charge in [0.1, 0.15) is 0 Å². The molecule has 1 aliphatic heterocycles. The number of nitrogen functional groups attached to an aromatic ring is 1. The second-order valence-electron chi connectivity index (χ2n) is 3.62. The van der Waals surface area contributed by atoms with Crippen molar-refractivity contribution in [2.75, 3.05) is 23.8 Å². The molecular formula is C11H14N2O2. The molecule has 4 nitrogen and oxygen atoms in total. The van der Waals surface area contributed by atoms with Crippen molar-refractivity contribution in [3.05, 3.63) is 23.8 Å². The smallest absolute Gasteiger partial charge is 0.227 e. The Bertz CT molecular complexity index is 390. The number of para-hydroxylation sites is 1. The Morgan fingerprint density at radius 3 is 2.93 bits per heavy atom. The van der Waals surface area contributed by atoms with Crippen LogP contribution in [0.1, 0.15) is 12.0 Å². The quantitative estimate of drug-likeness (QED) is 0.694. The Labute approximate surface area is 88.3 Å². The molecule has 1 heterocycles. The van der Waals surface area contributed by atoms with Crippen molar-refractivity contribution < 1.29 is 9.90 Å². The Hall–Kier alpha value is -1.55. The van der Waals surface area contributed by atoms with Gasteiger partial charge in [0.2, 0.25) is 5.91 Å². The van der Waals surface area contributed by atoms with E-state index in [0.29, 0.717) is 18.7 Å². The van der Waals surface area contributed by atoms with Gasteiger partial charge >= 0.3 is 0 Å². The number of nitrogens with two attached hydrogens (primary N) is 1. The topological polar surface area (TPSA) is 66.6 Å². The lowest BCUT2D eigenvalue weighted by molar-refractivity contribution is -0.119. The number of hydrogen-bond acceptors (Lipinski definition) is 3. The van der Waals surface area contributed by atoms with Crippen molar-refractivity contribution >= 4 is 17.3 Å². The van der Waals surface area contributed by atoms with Gasteiger partial charge in [0.05, 0.1) is 18.0 Å². The van der Waals surface area contributed by atoms with E-state index < -0.39 is 0 Å². The number of aliphatic hydroxyl groups excluding tert-OH is 1. The molecule has 4 heteroatoms. The van der Waals surface area contributed by atoms with Gasteiger partial charge in [-0.25, -0.2) is 0 Å². The molecule has 2 rings (SSSR count). The first kappa shape index (κ1) is 9.98. The summed E-state index contributed by atoms with van der Waals surface area (Å²) in [7, 11) is 0. The number of β-amino-alcohol motifs (C(OH)–C–C–N with tert-alkyl or cyclic N) is 1. The Kier molecular flexibility index (Phi) is 2.60. The number of fused-ring (bicyclic) bond motifs is 1. The minimum atomic E-state index is -0.0421. The Morgan fingerprint density at radius 2 is 2.20 bits per heavy atom. The first-order chi connectivity index (χ1) is 7.24. The maximum atomic E-state index is 11.7. The van der Waals surface area contributed by atoms with Crippen molar-refractivity contribution in [3.63, 3.8) is 0 Å². The second kappa shape index (κ2) is 3.90. The van der Waals surface area contributed by atoms with Gasteiger partial charge in [0, 0.05) is 13.0 Å². The van der Waals surface area contributed by atoms with Crippen molar-refractivity contribution in [1.82, 2.24) is 0 Å². The van der Waals surface area contributed by atoms with E-state index in [1.807, 2.05) is 12.1 Å². The first-order valence-electron chi connectivity index (χ1n) is 5.02. The highest BCUT2D eigenvalue weighted by atomic mass is 16.3. The fourth-order valence-electron chi connectivity index (χ4n) is 1.98. The minimum absolute atomic E-state index is 0.0365. The van der Waals surface area contributed by atoms with Gasteiger partial charge in [-0.3, -0.25) is 4.79 Å². The summed E-state index contributed by atoms with van der Waals surface area (Å²) in [6, 6.07) is 5.64. The normalized spacial score (nSPS) is 15.3. The number of hydrogen-bond donors (Lipinski definition) is 2. The molecule has 1 amide bonds. The van der Waals surface area contributed by atoms with Crippen molar-refractivity contribution in [2.45, 2.75) is 12.8 Å². The molecule has 3 N–H and O–H groups in total. The molecule has 0 spiro atoms. The van der Waals surface area contributed by atoms with Crippen LogP contribution in [0, 0.1) is 0 Å². The molecule has 0 radical (unpaired) electrons. The molecule has 0 unspecified atom stereocenters. The molecule has 0 fully saturated rings. The van der Waals surface area contributed by atoms with Crippen LogP contribution in [-0.4, -0.2) is 24.2 Å². The highest BCUT2D eigenvalue weighted by molar-refractivity contribution is 5.99. The molecule has 80 valence electrons. The van der Waals surface area contributed by atoms with E-state index in [9.17, 15) is 4.79 Å². The number of anilines is 2. The van der Waals surface area contributed by atoms with Crippen LogP contribution in [0.4, 0.5) is 11.4 Å². The van der Waals surface area contributed by atoms with Crippen LogP contribution in [0.25, 0.3) is 0 Å². The van der Waals surface area contributed by atoms with Gasteiger partial charge < -0.3 is 15.7 Å². The third-order valence-corrected chi connectivity index (χ3v) is 2.65. The number of nitrogens with zero attached hydrogens (tertiary/aromatic N) is 1. The Morgan fingerprint density at radius 1 is 1.40 bits per heavy atom. The zero-order chi connectivity index (χ0) is 10.8. The number of amides is 1. The van der Waals surface area contributed by atoms with Gasteiger partial charge in [-0.1, -0.05) is 12.1 Å². The lowest BCUT2D eigenvalue weighted by Crippen LogP contribution is -2.37. The van der Waals surface area contributed by atoms with E-state index >= 15 is 0 Å². The number of carbonyl (C=O) groups excluding carboxylic acids is 1. The van der Waals surface area contributed by atoms with Crippen molar-refractivity contribution in [1.29, 1.82) is 0 Å². The van der Waals surface area contributed by atoms with E-state index in [1.54, 1.807) is 11.0 Å². The van der Waals surface area contributed by atoms with Crippen LogP contribution < -0.4 is 10.6 Å². The van der Waals surface area contributed by atoms with Crippen LogP contribution in [-0.2, 0) is 11.2 Å². The molecule has 1 aliphatic rings. The second-order valence-corrected chi connectivity index (χ2v) is 3.62. The van der Waals surface area contributed by atoms with E-state index in [4.69, 9.17) is 10.8 Å². The molecule has 0 saturated heterocycles. The molecule has 1 aromatic carbocycles. The highest BCUT2D eigenvalue weighted by Crippen LogP contribution is 2.32. The molecule has 0 bridgehead atoms. The summed E-state index contributed by atoms with van der Waals surface area (Å²) in [5.41, 5.74) is 8.32. The monoisotopic (exact) mass is 206 g/mol. The number of aliphatic hydroxyl groups is 1. The standard InChI is InChI=1S/C11H14N2O2/c12-9-3-1-2-8-4-5-10(15)13(6-7-14)11(8)9/h1-3,14H,4-7,12H2. The zero-order valence-corrected chi connectivity index (χ0v) is 8.44. The van der Waals surface area contributed by atoms with E-state index in [0.717, 1.165) is 17.7 Å². The summed E-state index contributed by atoms with van der Waals surface area (Å²) in [6.45, 7) is 0.277. The minimum Gasteiger partial charge on any atom is -0.397 e. The molecule has 0 atom stereocenters.